The molecular formula is C31H62O4. The van der Waals surface area contributed by atoms with Crippen LogP contribution in [0.25, 0.3) is 0 Å². The van der Waals surface area contributed by atoms with Crippen molar-refractivity contribution in [1.82, 2.24) is 0 Å². The van der Waals surface area contributed by atoms with Gasteiger partial charge in [-0.25, -0.2) is 0 Å². The largest absolute Gasteiger partial charge is 0.457 e. The summed E-state index contributed by atoms with van der Waals surface area (Å²) < 4.78 is 11.0. The van der Waals surface area contributed by atoms with E-state index in [0.29, 0.717) is 19.6 Å². The van der Waals surface area contributed by atoms with E-state index in [4.69, 9.17) is 9.47 Å². The Bertz CT molecular complexity index is 413. The van der Waals surface area contributed by atoms with E-state index >= 15 is 0 Å². The molecule has 0 rings (SSSR count). The molecule has 1 N–H and O–H groups in total. The zero-order valence-corrected chi connectivity index (χ0v) is 23.8. The lowest BCUT2D eigenvalue weighted by molar-refractivity contribution is -0.154. The molecule has 0 aliphatic heterocycles. The summed E-state index contributed by atoms with van der Waals surface area (Å²) in [5, 5.41) is 9.47. The van der Waals surface area contributed by atoms with Gasteiger partial charge in [-0.05, 0) is 12.8 Å². The molecule has 210 valence electrons. The molecule has 0 saturated carbocycles. The van der Waals surface area contributed by atoms with Crippen LogP contribution in [0.5, 0.6) is 0 Å². The summed E-state index contributed by atoms with van der Waals surface area (Å²) in [7, 11) is 0. The number of esters is 1. The van der Waals surface area contributed by atoms with Crippen LogP contribution in [0.4, 0.5) is 0 Å². The van der Waals surface area contributed by atoms with E-state index in [9.17, 15) is 9.90 Å². The second kappa shape index (κ2) is 29.6. The van der Waals surface area contributed by atoms with Crippen LogP contribution in [0.3, 0.4) is 0 Å². The topological polar surface area (TPSA) is 55.8 Å². The number of rotatable bonds is 29. The van der Waals surface area contributed by atoms with Crippen LogP contribution in [-0.2, 0) is 14.3 Å². The van der Waals surface area contributed by atoms with Crippen molar-refractivity contribution in [3.8, 4) is 0 Å². The van der Waals surface area contributed by atoms with Gasteiger partial charge in [0.05, 0.1) is 13.2 Å². The van der Waals surface area contributed by atoms with Gasteiger partial charge in [-0.15, -0.1) is 0 Å². The minimum atomic E-state index is -0.521. The van der Waals surface area contributed by atoms with Crippen LogP contribution in [0.1, 0.15) is 168 Å². The van der Waals surface area contributed by atoms with Gasteiger partial charge in [0.2, 0.25) is 0 Å². The maximum atomic E-state index is 12.0. The van der Waals surface area contributed by atoms with Crippen LogP contribution in [-0.4, -0.2) is 37.0 Å². The van der Waals surface area contributed by atoms with Crippen LogP contribution < -0.4 is 0 Å². The highest BCUT2D eigenvalue weighted by atomic mass is 16.6. The molecule has 0 aromatic rings. The molecule has 0 bridgehead atoms. The zero-order valence-electron chi connectivity index (χ0n) is 23.8. The molecule has 0 aliphatic rings. The minimum absolute atomic E-state index is 0.164. The molecule has 4 nitrogen and oxygen atoms in total. The minimum Gasteiger partial charge on any atom is -0.457 e. The number of aliphatic hydroxyl groups is 1. The number of ether oxygens (including phenoxy) is 2. The van der Waals surface area contributed by atoms with Crippen molar-refractivity contribution >= 4 is 5.97 Å². The van der Waals surface area contributed by atoms with Crippen molar-refractivity contribution in [1.29, 1.82) is 0 Å². The molecule has 0 aromatic heterocycles. The molecule has 0 unspecified atom stereocenters. The highest BCUT2D eigenvalue weighted by molar-refractivity contribution is 5.69. The lowest BCUT2D eigenvalue weighted by Gasteiger charge is -2.16. The first kappa shape index (κ1) is 34.4. The Morgan fingerprint density at radius 1 is 0.571 bits per heavy atom. The van der Waals surface area contributed by atoms with Crippen molar-refractivity contribution < 1.29 is 19.4 Å². The number of carbonyl (C=O) groups excluding carboxylic acids is 1. The zero-order chi connectivity index (χ0) is 25.7. The van der Waals surface area contributed by atoms with Gasteiger partial charge in [-0.1, -0.05) is 149 Å². The number of unbranched alkanes of at least 4 members (excludes halogenated alkanes) is 21. The second-order valence-corrected chi connectivity index (χ2v) is 10.5. The fourth-order valence-electron chi connectivity index (χ4n) is 4.56. The normalized spacial score (nSPS) is 12.2. The number of hydrogen-bond acceptors (Lipinski definition) is 4. The van der Waals surface area contributed by atoms with E-state index < -0.39 is 6.10 Å². The van der Waals surface area contributed by atoms with Crippen LogP contribution in [0.15, 0.2) is 0 Å². The van der Waals surface area contributed by atoms with Crippen molar-refractivity contribution in [3.05, 3.63) is 0 Å². The molecule has 0 heterocycles. The van der Waals surface area contributed by atoms with Crippen molar-refractivity contribution in [2.24, 2.45) is 0 Å². The third kappa shape index (κ3) is 27.8. The lowest BCUT2D eigenvalue weighted by atomic mass is 10.0. The molecule has 0 aliphatic carbocycles. The Hall–Kier alpha value is -0.610. The molecule has 0 fully saturated rings. The van der Waals surface area contributed by atoms with Gasteiger partial charge in [0, 0.05) is 13.0 Å². The Balaban J connectivity index is 3.39. The maximum Gasteiger partial charge on any atom is 0.306 e. The van der Waals surface area contributed by atoms with Gasteiger partial charge in [0.1, 0.15) is 6.10 Å². The molecule has 0 aromatic carbocycles. The van der Waals surface area contributed by atoms with Crippen LogP contribution in [0.2, 0.25) is 0 Å². The smallest absolute Gasteiger partial charge is 0.306 e. The summed E-state index contributed by atoms with van der Waals surface area (Å²) in [5.74, 6) is -0.202. The SMILES string of the molecule is CCCCCCCCCCCCCCCCOC[C@H](CO)OC(=O)CCCCCCCCCCC. The van der Waals surface area contributed by atoms with Crippen LogP contribution >= 0.6 is 0 Å². The first-order chi connectivity index (χ1) is 17.2. The van der Waals surface area contributed by atoms with E-state index in [1.165, 1.54) is 128 Å². The number of hydrogen-bond donors (Lipinski definition) is 1. The molecule has 35 heavy (non-hydrogen) atoms. The predicted octanol–water partition coefficient (Wildman–Crippen LogP) is 9.31. The van der Waals surface area contributed by atoms with E-state index in [0.717, 1.165) is 19.3 Å². The van der Waals surface area contributed by atoms with E-state index in [1.807, 2.05) is 0 Å². The Morgan fingerprint density at radius 2 is 0.943 bits per heavy atom. The van der Waals surface area contributed by atoms with Gasteiger partial charge >= 0.3 is 5.97 Å². The molecular weight excluding hydrogens is 436 g/mol. The summed E-state index contributed by atoms with van der Waals surface area (Å²) in [6.07, 6.45) is 29.8. The lowest BCUT2D eigenvalue weighted by Crippen LogP contribution is -2.27. The summed E-state index contributed by atoms with van der Waals surface area (Å²) in [6.45, 7) is 5.34. The number of aliphatic hydroxyl groups excluding tert-OH is 1. The fraction of sp³-hybridized carbons (Fsp3) is 0.968. The Labute approximate surface area is 219 Å². The third-order valence-corrected chi connectivity index (χ3v) is 6.93. The van der Waals surface area contributed by atoms with Gasteiger partial charge < -0.3 is 14.6 Å². The highest BCUT2D eigenvalue weighted by Gasteiger charge is 2.13. The van der Waals surface area contributed by atoms with Crippen molar-refractivity contribution in [2.75, 3.05) is 19.8 Å². The number of carbonyl (C=O) groups is 1. The molecule has 4 heteroatoms. The average Bonchev–Trinajstić information content (AvgIpc) is 2.86. The second-order valence-electron chi connectivity index (χ2n) is 10.5. The van der Waals surface area contributed by atoms with Gasteiger partial charge in [0.15, 0.2) is 0 Å². The van der Waals surface area contributed by atoms with E-state index in [1.54, 1.807) is 0 Å². The first-order valence-corrected chi connectivity index (χ1v) is 15.6. The van der Waals surface area contributed by atoms with E-state index in [2.05, 4.69) is 13.8 Å². The van der Waals surface area contributed by atoms with Crippen LogP contribution in [0, 0.1) is 0 Å². The Morgan fingerprint density at radius 3 is 1.34 bits per heavy atom. The summed E-state index contributed by atoms with van der Waals surface area (Å²) >= 11 is 0. The molecule has 1 atom stereocenters. The van der Waals surface area contributed by atoms with E-state index in [-0.39, 0.29) is 12.6 Å². The molecule has 0 radical (unpaired) electrons. The van der Waals surface area contributed by atoms with Gasteiger partial charge in [-0.2, -0.15) is 0 Å². The quantitative estimate of drug-likeness (QED) is 0.0824. The third-order valence-electron chi connectivity index (χ3n) is 6.93. The maximum absolute atomic E-state index is 12.0. The standard InChI is InChI=1S/C31H62O4/c1-3-5-7-9-11-13-14-15-16-17-19-21-23-25-27-34-29-30(28-32)35-31(33)26-24-22-20-18-12-10-8-6-4-2/h30,32H,3-29H2,1-2H3/t30-/m0/s1. The van der Waals surface area contributed by atoms with Gasteiger partial charge in [-0.3, -0.25) is 4.79 Å². The summed E-state index contributed by atoms with van der Waals surface area (Å²) in [5.41, 5.74) is 0. The first-order valence-electron chi connectivity index (χ1n) is 15.6. The van der Waals surface area contributed by atoms with Crippen molar-refractivity contribution in [2.45, 2.75) is 174 Å². The van der Waals surface area contributed by atoms with Crippen molar-refractivity contribution in [3.63, 3.8) is 0 Å². The monoisotopic (exact) mass is 498 g/mol. The molecule has 0 amide bonds. The Kier molecular flexibility index (Phi) is 29.1. The average molecular weight is 499 g/mol. The summed E-state index contributed by atoms with van der Waals surface area (Å²) in [4.78, 5) is 12.0. The fourth-order valence-corrected chi connectivity index (χ4v) is 4.56. The molecule has 0 saturated heterocycles. The highest BCUT2D eigenvalue weighted by Crippen LogP contribution is 2.13. The molecule has 0 spiro atoms. The predicted molar refractivity (Wildman–Crippen MR) is 150 cm³/mol. The van der Waals surface area contributed by atoms with Gasteiger partial charge in [0.25, 0.3) is 0 Å². The summed E-state index contributed by atoms with van der Waals surface area (Å²) in [6, 6.07) is 0.